The van der Waals surface area contributed by atoms with E-state index in [0.29, 0.717) is 25.2 Å². The maximum atomic E-state index is 12.1. The van der Waals surface area contributed by atoms with Crippen molar-refractivity contribution in [1.82, 2.24) is 15.1 Å². The van der Waals surface area contributed by atoms with Crippen molar-refractivity contribution in [2.45, 2.75) is 50.8 Å². The fourth-order valence-electron chi connectivity index (χ4n) is 3.40. The fourth-order valence-corrected chi connectivity index (χ4v) is 3.66. The van der Waals surface area contributed by atoms with Gasteiger partial charge in [0.1, 0.15) is 11.1 Å². The smallest absolute Gasteiger partial charge is 0.407 e. The third kappa shape index (κ3) is 4.24. The number of rotatable bonds is 5. The van der Waals surface area contributed by atoms with Crippen LogP contribution in [0.25, 0.3) is 0 Å². The molecule has 2 N–H and O–H groups in total. The number of amides is 1. The Labute approximate surface area is 150 Å². The first-order valence-electron chi connectivity index (χ1n) is 8.67. The lowest BCUT2D eigenvalue weighted by atomic mass is 10.3. The summed E-state index contributed by atoms with van der Waals surface area (Å²) < 4.78 is 6.62. The summed E-state index contributed by atoms with van der Waals surface area (Å²) in [6.07, 6.45) is 5.90. The van der Waals surface area contributed by atoms with Crippen molar-refractivity contribution in [3.63, 3.8) is 0 Å². The summed E-state index contributed by atoms with van der Waals surface area (Å²) in [5, 5.41) is 15.9. The SMILES string of the molecule is O=C(NC1CCCC1)OC1CCN(c2cnn(CCO)c(=O)c2Cl)C1. The van der Waals surface area contributed by atoms with Crippen LogP contribution in [0.15, 0.2) is 11.0 Å². The molecule has 0 radical (unpaired) electrons. The minimum atomic E-state index is -0.434. The van der Waals surface area contributed by atoms with Gasteiger partial charge in [0.2, 0.25) is 0 Å². The third-order valence-electron chi connectivity index (χ3n) is 4.71. The Morgan fingerprint density at radius 3 is 2.88 bits per heavy atom. The lowest BCUT2D eigenvalue weighted by molar-refractivity contribution is 0.105. The second-order valence-electron chi connectivity index (χ2n) is 6.48. The fraction of sp³-hybridized carbons (Fsp3) is 0.688. The van der Waals surface area contributed by atoms with E-state index in [0.717, 1.165) is 30.4 Å². The van der Waals surface area contributed by atoms with E-state index >= 15 is 0 Å². The number of nitrogens with zero attached hydrogens (tertiary/aromatic N) is 3. The summed E-state index contributed by atoms with van der Waals surface area (Å²) in [6, 6.07) is 0.225. The molecule has 1 aromatic rings. The molecule has 0 aromatic carbocycles. The molecular weight excluding hydrogens is 348 g/mol. The number of aliphatic hydroxyl groups excluding tert-OH is 1. The molecule has 2 fully saturated rings. The molecule has 138 valence electrons. The van der Waals surface area contributed by atoms with Gasteiger partial charge in [-0.25, -0.2) is 9.48 Å². The Balaban J connectivity index is 1.58. The molecule has 1 aliphatic heterocycles. The van der Waals surface area contributed by atoms with Gasteiger partial charge in [0.25, 0.3) is 5.56 Å². The van der Waals surface area contributed by atoms with Crippen LogP contribution >= 0.6 is 11.6 Å². The molecule has 1 aromatic heterocycles. The summed E-state index contributed by atoms with van der Waals surface area (Å²) in [7, 11) is 0. The Bertz CT molecular complexity index is 675. The molecule has 9 heteroatoms. The molecule has 1 unspecified atom stereocenters. The molecule has 1 saturated heterocycles. The zero-order valence-corrected chi connectivity index (χ0v) is 14.7. The van der Waals surface area contributed by atoms with Gasteiger partial charge in [-0.05, 0) is 12.8 Å². The molecule has 1 aliphatic carbocycles. The number of hydrogen-bond acceptors (Lipinski definition) is 6. The van der Waals surface area contributed by atoms with Gasteiger partial charge in [0, 0.05) is 19.0 Å². The lowest BCUT2D eigenvalue weighted by Crippen LogP contribution is -2.36. The van der Waals surface area contributed by atoms with Gasteiger partial charge in [-0.2, -0.15) is 5.10 Å². The van der Waals surface area contributed by atoms with Crippen LogP contribution in [0.4, 0.5) is 10.5 Å². The highest BCUT2D eigenvalue weighted by Crippen LogP contribution is 2.26. The van der Waals surface area contributed by atoms with Crippen LogP contribution in [0, 0.1) is 0 Å². The predicted octanol–water partition coefficient (Wildman–Crippen LogP) is 1.14. The van der Waals surface area contributed by atoms with Crippen LogP contribution < -0.4 is 15.8 Å². The molecule has 3 rings (SSSR count). The first kappa shape index (κ1) is 18.0. The zero-order valence-electron chi connectivity index (χ0n) is 14.0. The van der Waals surface area contributed by atoms with Gasteiger partial charge >= 0.3 is 6.09 Å². The van der Waals surface area contributed by atoms with E-state index in [1.165, 1.54) is 6.20 Å². The van der Waals surface area contributed by atoms with Crippen molar-refractivity contribution in [2.75, 3.05) is 24.6 Å². The number of carbonyl (C=O) groups excluding carboxylic acids is 1. The largest absolute Gasteiger partial charge is 0.444 e. The summed E-state index contributed by atoms with van der Waals surface area (Å²) >= 11 is 6.16. The van der Waals surface area contributed by atoms with Crippen molar-refractivity contribution >= 4 is 23.4 Å². The number of aromatic nitrogens is 2. The van der Waals surface area contributed by atoms with E-state index in [-0.39, 0.29) is 36.4 Å². The van der Waals surface area contributed by atoms with Crippen molar-refractivity contribution in [1.29, 1.82) is 0 Å². The summed E-state index contributed by atoms with van der Waals surface area (Å²) in [5.74, 6) is 0. The average Bonchev–Trinajstić information content (AvgIpc) is 3.24. The van der Waals surface area contributed by atoms with Crippen LogP contribution in [0.2, 0.25) is 5.02 Å². The number of ether oxygens (including phenoxy) is 1. The summed E-state index contributed by atoms with van der Waals surface area (Å²) in [4.78, 5) is 26.0. The van der Waals surface area contributed by atoms with Crippen LogP contribution in [-0.4, -0.2) is 52.8 Å². The number of alkyl carbamates (subject to hydrolysis) is 1. The highest BCUT2D eigenvalue weighted by molar-refractivity contribution is 6.33. The minimum absolute atomic E-state index is 0.0690. The summed E-state index contributed by atoms with van der Waals surface area (Å²) in [5.41, 5.74) is 0.0970. The van der Waals surface area contributed by atoms with Crippen molar-refractivity contribution < 1.29 is 14.6 Å². The van der Waals surface area contributed by atoms with Gasteiger partial charge in [-0.1, -0.05) is 24.4 Å². The zero-order chi connectivity index (χ0) is 17.8. The molecule has 0 spiro atoms. The maximum absolute atomic E-state index is 12.1. The monoisotopic (exact) mass is 370 g/mol. The van der Waals surface area contributed by atoms with Crippen molar-refractivity contribution in [2.24, 2.45) is 0 Å². The van der Waals surface area contributed by atoms with Gasteiger partial charge in [0.05, 0.1) is 31.6 Å². The highest BCUT2D eigenvalue weighted by Gasteiger charge is 2.29. The molecule has 1 atom stereocenters. The molecule has 1 saturated carbocycles. The average molecular weight is 371 g/mol. The van der Waals surface area contributed by atoms with Crippen molar-refractivity contribution in [3.05, 3.63) is 21.6 Å². The normalized spacial score (nSPS) is 20.9. The molecule has 1 amide bonds. The van der Waals surface area contributed by atoms with Crippen LogP contribution in [0.1, 0.15) is 32.1 Å². The second-order valence-corrected chi connectivity index (χ2v) is 6.86. The number of hydrogen-bond donors (Lipinski definition) is 2. The highest BCUT2D eigenvalue weighted by atomic mass is 35.5. The Kier molecular flexibility index (Phi) is 5.80. The van der Waals surface area contributed by atoms with E-state index in [9.17, 15) is 9.59 Å². The molecule has 2 aliphatic rings. The van der Waals surface area contributed by atoms with Gasteiger partial charge < -0.3 is 20.1 Å². The first-order valence-corrected chi connectivity index (χ1v) is 9.05. The van der Waals surface area contributed by atoms with Crippen LogP contribution in [-0.2, 0) is 11.3 Å². The van der Waals surface area contributed by atoms with Gasteiger partial charge in [-0.3, -0.25) is 4.79 Å². The van der Waals surface area contributed by atoms with Crippen LogP contribution in [0.3, 0.4) is 0 Å². The molecule has 8 nitrogen and oxygen atoms in total. The molecule has 25 heavy (non-hydrogen) atoms. The van der Waals surface area contributed by atoms with Crippen LogP contribution in [0.5, 0.6) is 0 Å². The van der Waals surface area contributed by atoms with E-state index in [4.69, 9.17) is 21.4 Å². The van der Waals surface area contributed by atoms with E-state index in [1.54, 1.807) is 0 Å². The van der Waals surface area contributed by atoms with E-state index < -0.39 is 5.56 Å². The number of nitrogens with one attached hydrogen (secondary N) is 1. The van der Waals surface area contributed by atoms with E-state index in [1.807, 2.05) is 4.90 Å². The number of anilines is 1. The van der Waals surface area contributed by atoms with Gasteiger partial charge in [0.15, 0.2) is 0 Å². The predicted molar refractivity (Wildman–Crippen MR) is 93.1 cm³/mol. The molecule has 2 heterocycles. The summed E-state index contributed by atoms with van der Waals surface area (Å²) in [6.45, 7) is 1.03. The van der Waals surface area contributed by atoms with Crippen molar-refractivity contribution in [3.8, 4) is 0 Å². The number of halogens is 1. The minimum Gasteiger partial charge on any atom is -0.444 e. The third-order valence-corrected chi connectivity index (χ3v) is 5.07. The quantitative estimate of drug-likeness (QED) is 0.806. The number of carbonyl (C=O) groups is 1. The second kappa shape index (κ2) is 8.05. The standard InChI is InChI=1S/C16H23ClN4O4/c17-14-13(9-18-21(7-8-22)15(14)23)20-6-5-12(10-20)25-16(24)19-11-3-1-2-4-11/h9,11-12,22H,1-8,10H2,(H,19,24). The van der Waals surface area contributed by atoms with E-state index in [2.05, 4.69) is 10.4 Å². The molecular formula is C16H23ClN4O4. The first-order chi connectivity index (χ1) is 12.1. The topological polar surface area (TPSA) is 96.7 Å². The molecule has 0 bridgehead atoms. The maximum Gasteiger partial charge on any atom is 0.407 e. The lowest BCUT2D eigenvalue weighted by Gasteiger charge is -2.20. The Morgan fingerprint density at radius 1 is 1.40 bits per heavy atom. The van der Waals surface area contributed by atoms with Gasteiger partial charge in [-0.15, -0.1) is 0 Å². The Hall–Kier alpha value is -1.80. The number of aliphatic hydroxyl groups is 1. The Morgan fingerprint density at radius 2 is 2.16 bits per heavy atom.